The van der Waals surface area contributed by atoms with E-state index in [1.807, 2.05) is 18.3 Å². The highest BCUT2D eigenvalue weighted by molar-refractivity contribution is 5.85. The van der Waals surface area contributed by atoms with E-state index in [2.05, 4.69) is 28.4 Å². The summed E-state index contributed by atoms with van der Waals surface area (Å²) >= 11 is 0. The van der Waals surface area contributed by atoms with Crippen LogP contribution in [0.5, 0.6) is 5.75 Å². The maximum atomic E-state index is 6.30. The van der Waals surface area contributed by atoms with Gasteiger partial charge in [0.15, 0.2) is 0 Å². The first-order valence-electron chi connectivity index (χ1n) is 10.8. The lowest BCUT2D eigenvalue weighted by molar-refractivity contribution is 0.309. The Morgan fingerprint density at radius 1 is 1.21 bits per heavy atom. The molecule has 0 bridgehead atoms. The van der Waals surface area contributed by atoms with E-state index in [-0.39, 0.29) is 0 Å². The van der Waals surface area contributed by atoms with Gasteiger partial charge in [0.25, 0.3) is 0 Å². The highest BCUT2D eigenvalue weighted by Crippen LogP contribution is 2.38. The van der Waals surface area contributed by atoms with Crippen molar-refractivity contribution in [2.75, 3.05) is 18.9 Å². The van der Waals surface area contributed by atoms with Gasteiger partial charge in [0, 0.05) is 23.9 Å². The SMILES string of the molecule is CCCCOc1cccc(-c2nc([C@H]3CC[C@H](CN)CC3)n3ccnc(N)c23)c1. The van der Waals surface area contributed by atoms with E-state index in [0.717, 1.165) is 80.0 Å². The Morgan fingerprint density at radius 2 is 2.03 bits per heavy atom. The predicted molar refractivity (Wildman–Crippen MR) is 117 cm³/mol. The van der Waals surface area contributed by atoms with Crippen LogP contribution in [0.3, 0.4) is 0 Å². The van der Waals surface area contributed by atoms with Gasteiger partial charge in [0.05, 0.1) is 6.61 Å². The molecule has 0 amide bonds. The smallest absolute Gasteiger partial charge is 0.150 e. The van der Waals surface area contributed by atoms with Gasteiger partial charge in [0.2, 0.25) is 0 Å². The third-order valence-electron chi connectivity index (χ3n) is 6.03. The molecule has 0 saturated heterocycles. The molecule has 1 aliphatic carbocycles. The van der Waals surface area contributed by atoms with Crippen molar-refractivity contribution in [1.29, 1.82) is 0 Å². The van der Waals surface area contributed by atoms with Crippen LogP contribution in [0.4, 0.5) is 5.82 Å². The number of hydrogen-bond acceptors (Lipinski definition) is 5. The Labute approximate surface area is 172 Å². The number of ether oxygens (including phenoxy) is 1. The molecule has 1 aliphatic rings. The van der Waals surface area contributed by atoms with Crippen LogP contribution in [0.15, 0.2) is 36.7 Å². The number of unbranched alkanes of at least 4 members (excludes halogenated alkanes) is 1. The summed E-state index contributed by atoms with van der Waals surface area (Å²) in [4.78, 5) is 9.42. The highest BCUT2D eigenvalue weighted by atomic mass is 16.5. The summed E-state index contributed by atoms with van der Waals surface area (Å²) in [5.41, 5.74) is 15.0. The third-order valence-corrected chi connectivity index (χ3v) is 6.03. The van der Waals surface area contributed by atoms with Crippen molar-refractivity contribution in [2.45, 2.75) is 51.4 Å². The zero-order valence-electron chi connectivity index (χ0n) is 17.2. The summed E-state index contributed by atoms with van der Waals surface area (Å²) < 4.78 is 8.04. The molecule has 0 atom stereocenters. The van der Waals surface area contributed by atoms with Crippen LogP contribution in [0.2, 0.25) is 0 Å². The lowest BCUT2D eigenvalue weighted by Crippen LogP contribution is -2.21. The lowest BCUT2D eigenvalue weighted by Gasteiger charge is -2.26. The Morgan fingerprint density at radius 3 is 2.79 bits per heavy atom. The van der Waals surface area contributed by atoms with Crippen molar-refractivity contribution in [3.05, 3.63) is 42.5 Å². The van der Waals surface area contributed by atoms with Crippen LogP contribution < -0.4 is 16.2 Å². The number of nitrogens with two attached hydrogens (primary N) is 2. The van der Waals surface area contributed by atoms with Crippen molar-refractivity contribution in [1.82, 2.24) is 14.4 Å². The minimum atomic E-state index is 0.421. The fourth-order valence-corrected chi connectivity index (χ4v) is 4.30. The van der Waals surface area contributed by atoms with Crippen LogP contribution in [0, 0.1) is 5.92 Å². The van der Waals surface area contributed by atoms with E-state index in [1.165, 1.54) is 0 Å². The van der Waals surface area contributed by atoms with Crippen LogP contribution in [-0.4, -0.2) is 27.5 Å². The Kier molecular flexibility index (Phi) is 6.00. The van der Waals surface area contributed by atoms with E-state index in [9.17, 15) is 0 Å². The number of benzene rings is 1. The second-order valence-electron chi connectivity index (χ2n) is 8.03. The third kappa shape index (κ3) is 4.08. The maximum absolute atomic E-state index is 6.30. The minimum absolute atomic E-state index is 0.421. The number of anilines is 1. The molecule has 2 aromatic heterocycles. The van der Waals surface area contributed by atoms with Crippen LogP contribution in [0.1, 0.15) is 57.2 Å². The number of nitrogens with zero attached hydrogens (tertiary/aromatic N) is 3. The number of nitrogen functional groups attached to an aromatic ring is 1. The average Bonchev–Trinajstić information content (AvgIpc) is 3.15. The molecular weight excluding hydrogens is 362 g/mol. The number of fused-ring (bicyclic) bond motifs is 1. The average molecular weight is 394 g/mol. The molecular formula is C23H31N5O. The molecule has 0 unspecified atom stereocenters. The lowest BCUT2D eigenvalue weighted by atomic mass is 9.81. The van der Waals surface area contributed by atoms with Gasteiger partial charge in [-0.1, -0.05) is 25.5 Å². The summed E-state index contributed by atoms with van der Waals surface area (Å²) in [6.07, 6.45) is 10.4. The van der Waals surface area contributed by atoms with Crippen molar-refractivity contribution >= 4 is 11.3 Å². The maximum Gasteiger partial charge on any atom is 0.150 e. The zero-order chi connectivity index (χ0) is 20.2. The molecule has 29 heavy (non-hydrogen) atoms. The number of imidazole rings is 1. The molecule has 0 radical (unpaired) electrons. The normalized spacial score (nSPS) is 19.5. The summed E-state index contributed by atoms with van der Waals surface area (Å²) in [5.74, 6) is 3.51. The van der Waals surface area contributed by atoms with Crippen molar-refractivity contribution in [2.24, 2.45) is 11.7 Å². The molecule has 3 aromatic rings. The zero-order valence-corrected chi connectivity index (χ0v) is 17.2. The molecule has 4 N–H and O–H groups in total. The van der Waals surface area contributed by atoms with Gasteiger partial charge in [-0.25, -0.2) is 9.97 Å². The fraction of sp³-hybridized carbons (Fsp3) is 0.478. The van der Waals surface area contributed by atoms with Gasteiger partial charge in [-0.2, -0.15) is 0 Å². The van der Waals surface area contributed by atoms with E-state index >= 15 is 0 Å². The molecule has 1 aromatic carbocycles. The van der Waals surface area contributed by atoms with E-state index in [1.54, 1.807) is 6.20 Å². The van der Waals surface area contributed by atoms with E-state index < -0.39 is 0 Å². The molecule has 154 valence electrons. The Balaban J connectivity index is 1.71. The molecule has 1 saturated carbocycles. The molecule has 0 spiro atoms. The summed E-state index contributed by atoms with van der Waals surface area (Å²) in [6, 6.07) is 8.13. The van der Waals surface area contributed by atoms with Crippen LogP contribution >= 0.6 is 0 Å². The summed E-state index contributed by atoms with van der Waals surface area (Å²) in [7, 11) is 0. The molecule has 2 heterocycles. The first-order valence-corrected chi connectivity index (χ1v) is 10.8. The molecule has 1 fully saturated rings. The van der Waals surface area contributed by atoms with Gasteiger partial charge in [-0.05, 0) is 56.7 Å². The van der Waals surface area contributed by atoms with Gasteiger partial charge < -0.3 is 16.2 Å². The topological polar surface area (TPSA) is 91.5 Å². The number of aromatic nitrogens is 3. The summed E-state index contributed by atoms with van der Waals surface area (Å²) in [5, 5.41) is 0. The van der Waals surface area contributed by atoms with Crippen molar-refractivity contribution in [3.63, 3.8) is 0 Å². The van der Waals surface area contributed by atoms with Crippen LogP contribution in [-0.2, 0) is 0 Å². The standard InChI is InChI=1S/C23H31N5O/c1-2-3-13-29-19-6-4-5-18(14-19)20-21-22(25)26-11-12-28(21)23(27-20)17-9-7-16(15-24)8-10-17/h4-6,11-12,14,16-17H,2-3,7-10,13,15,24H2,1H3,(H2,25,26)/t16-,17-. The predicted octanol–water partition coefficient (Wildman–Crippen LogP) is 4.39. The van der Waals surface area contributed by atoms with E-state index in [4.69, 9.17) is 21.2 Å². The Bertz CT molecular complexity index is 959. The monoisotopic (exact) mass is 393 g/mol. The Hall–Kier alpha value is -2.60. The quantitative estimate of drug-likeness (QED) is 0.581. The van der Waals surface area contributed by atoms with Crippen molar-refractivity contribution < 1.29 is 4.74 Å². The number of rotatable bonds is 7. The fourth-order valence-electron chi connectivity index (χ4n) is 4.30. The first kappa shape index (κ1) is 19.7. The molecule has 6 nitrogen and oxygen atoms in total. The molecule has 6 heteroatoms. The van der Waals surface area contributed by atoms with Gasteiger partial charge >= 0.3 is 0 Å². The second kappa shape index (κ2) is 8.82. The summed E-state index contributed by atoms with van der Waals surface area (Å²) in [6.45, 7) is 3.67. The molecule has 4 rings (SSSR count). The van der Waals surface area contributed by atoms with Gasteiger partial charge in [0.1, 0.15) is 28.6 Å². The number of hydrogen-bond donors (Lipinski definition) is 2. The largest absolute Gasteiger partial charge is 0.494 e. The molecule has 0 aliphatic heterocycles. The van der Waals surface area contributed by atoms with Gasteiger partial charge in [-0.3, -0.25) is 4.40 Å². The van der Waals surface area contributed by atoms with E-state index in [0.29, 0.717) is 17.7 Å². The van der Waals surface area contributed by atoms with Crippen molar-refractivity contribution in [3.8, 4) is 17.0 Å². The highest BCUT2D eigenvalue weighted by Gasteiger charge is 2.27. The minimum Gasteiger partial charge on any atom is -0.494 e. The van der Waals surface area contributed by atoms with Crippen LogP contribution in [0.25, 0.3) is 16.8 Å². The second-order valence-corrected chi connectivity index (χ2v) is 8.03. The first-order chi connectivity index (χ1) is 14.2. The van der Waals surface area contributed by atoms with Gasteiger partial charge in [-0.15, -0.1) is 0 Å².